The zero-order valence-electron chi connectivity index (χ0n) is 44.2. The van der Waals surface area contributed by atoms with Crippen LogP contribution in [-0.4, -0.2) is 71.1 Å². The molecule has 0 saturated carbocycles. The Balaban J connectivity index is 0.0000224. The van der Waals surface area contributed by atoms with Crippen LogP contribution >= 0.6 is 0 Å². The number of hydrogen-bond acceptors (Lipinski definition) is 8. The SMILES string of the molecule is CCCCCCCCC(CCCCCC)C(=O)OCCCCCCN(CCCCCCOC(=O)C(CCCCCC)CCCCCCCC)CCN(Cc1ccccn1)Cc1ccccn1.[Zn+2]. The van der Waals surface area contributed by atoms with Gasteiger partial charge in [0.05, 0.1) is 36.4 Å². The van der Waals surface area contributed by atoms with Crippen molar-refractivity contribution in [3.63, 3.8) is 0 Å². The van der Waals surface area contributed by atoms with Crippen molar-refractivity contribution in [1.29, 1.82) is 0 Å². The van der Waals surface area contributed by atoms with Gasteiger partial charge in [0.25, 0.3) is 0 Å². The van der Waals surface area contributed by atoms with Gasteiger partial charge in [0, 0.05) is 38.6 Å². The molecule has 2 aromatic rings. The maximum atomic E-state index is 13.2. The molecule has 9 heteroatoms. The predicted molar refractivity (Wildman–Crippen MR) is 278 cm³/mol. The minimum Gasteiger partial charge on any atom is -0.465 e. The second-order valence-corrected chi connectivity index (χ2v) is 19.6. The summed E-state index contributed by atoms with van der Waals surface area (Å²) in [5.74, 6) is 0.249. The normalized spacial score (nSPS) is 12.3. The van der Waals surface area contributed by atoms with Gasteiger partial charge in [0.1, 0.15) is 0 Å². The molecule has 8 nitrogen and oxygen atoms in total. The summed E-state index contributed by atoms with van der Waals surface area (Å²) in [6, 6.07) is 12.3. The molecular weight excluding hydrogens is 882 g/mol. The fraction of sp³-hybridized carbons (Fsp3) is 0.793. The Morgan fingerprint density at radius 1 is 0.418 bits per heavy atom. The van der Waals surface area contributed by atoms with Crippen molar-refractivity contribution in [3.8, 4) is 0 Å². The van der Waals surface area contributed by atoms with E-state index < -0.39 is 0 Å². The number of ether oxygens (including phenoxy) is 2. The van der Waals surface area contributed by atoms with Crippen molar-refractivity contribution in [1.82, 2.24) is 19.8 Å². The van der Waals surface area contributed by atoms with Gasteiger partial charge in [0.2, 0.25) is 0 Å². The summed E-state index contributed by atoms with van der Waals surface area (Å²) >= 11 is 0. The third-order valence-electron chi connectivity index (χ3n) is 13.5. The predicted octanol–water partition coefficient (Wildman–Crippen LogP) is 15.7. The molecule has 2 atom stereocenters. The molecule has 0 aromatic carbocycles. The number of unbranched alkanes of at least 4 members (excludes halogenated alkanes) is 22. The monoisotopic (exact) mass is 983 g/mol. The van der Waals surface area contributed by atoms with Gasteiger partial charge in [-0.25, -0.2) is 0 Å². The van der Waals surface area contributed by atoms with Gasteiger partial charge in [-0.1, -0.05) is 194 Å². The molecule has 378 valence electrons. The van der Waals surface area contributed by atoms with Gasteiger partial charge >= 0.3 is 31.4 Å². The van der Waals surface area contributed by atoms with Crippen molar-refractivity contribution < 1.29 is 38.5 Å². The van der Waals surface area contributed by atoms with Crippen LogP contribution in [0.15, 0.2) is 48.8 Å². The first-order valence-electron chi connectivity index (χ1n) is 28.1. The summed E-state index contributed by atoms with van der Waals surface area (Å²) < 4.78 is 11.9. The van der Waals surface area contributed by atoms with E-state index in [0.717, 1.165) is 153 Å². The largest absolute Gasteiger partial charge is 2.00 e. The fourth-order valence-corrected chi connectivity index (χ4v) is 9.17. The van der Waals surface area contributed by atoms with Crippen LogP contribution in [-0.2, 0) is 51.6 Å². The van der Waals surface area contributed by atoms with Crippen molar-refractivity contribution in [2.75, 3.05) is 39.4 Å². The Bertz CT molecular complexity index is 1270. The molecule has 0 fully saturated rings. The van der Waals surface area contributed by atoms with Gasteiger partial charge in [-0.2, -0.15) is 0 Å². The number of hydrogen-bond donors (Lipinski definition) is 0. The number of aromatic nitrogens is 2. The number of rotatable bonds is 47. The van der Waals surface area contributed by atoms with Gasteiger partial charge in [-0.15, -0.1) is 0 Å². The molecule has 2 unspecified atom stereocenters. The molecule has 0 spiro atoms. The summed E-state index contributed by atoms with van der Waals surface area (Å²) in [6.45, 7) is 15.8. The number of carbonyl (C=O) groups excluding carboxylic acids is 2. The summed E-state index contributed by atoms with van der Waals surface area (Å²) in [5.41, 5.74) is 2.16. The second-order valence-electron chi connectivity index (χ2n) is 19.6. The van der Waals surface area contributed by atoms with Crippen LogP contribution in [0, 0.1) is 11.8 Å². The zero-order chi connectivity index (χ0) is 47.4. The molecule has 0 aliphatic heterocycles. The minimum absolute atomic E-state index is 0. The first-order valence-corrected chi connectivity index (χ1v) is 28.1. The molecular formula is C58H102N4O4Zn+2. The first-order chi connectivity index (χ1) is 32.5. The topological polar surface area (TPSA) is 84.9 Å². The van der Waals surface area contributed by atoms with Gasteiger partial charge in [-0.3, -0.25) is 24.5 Å². The number of esters is 2. The number of nitrogens with zero attached hydrogens (tertiary/aromatic N) is 4. The molecule has 0 bridgehead atoms. The summed E-state index contributed by atoms with van der Waals surface area (Å²) in [4.78, 5) is 40.8. The third kappa shape index (κ3) is 35.5. The molecule has 0 amide bonds. The standard InChI is InChI=1S/C58H102N4O4.Zn/c1-5-9-13-17-19-27-39-53(37-25-15-11-7-3)57(63)65-49-35-23-21-33-45-61(47-48-62(51-55-41-29-31-43-59-55)52-56-42-30-32-44-60-56)46-34-22-24-36-50-66-58(64)54(38-26-16-12-8-4)40-28-20-18-14-10-6-2;/h29-32,41-44,53-54H,5-28,33-40,45-52H2,1-4H3;/q;+2. The van der Waals surface area contributed by atoms with Gasteiger partial charge < -0.3 is 14.4 Å². The van der Waals surface area contributed by atoms with Crippen molar-refractivity contribution in [3.05, 3.63) is 60.2 Å². The average molecular weight is 985 g/mol. The van der Waals surface area contributed by atoms with E-state index in [0.29, 0.717) is 13.2 Å². The van der Waals surface area contributed by atoms with Crippen LogP contribution in [0.1, 0.15) is 245 Å². The van der Waals surface area contributed by atoms with Crippen LogP contribution < -0.4 is 0 Å². The van der Waals surface area contributed by atoms with Crippen LogP contribution in [0.25, 0.3) is 0 Å². The van der Waals surface area contributed by atoms with E-state index >= 15 is 0 Å². The molecule has 0 N–H and O–H groups in total. The number of pyridine rings is 2. The Kier molecular flexibility index (Phi) is 43.3. The van der Waals surface area contributed by atoms with Crippen LogP contribution in [0.2, 0.25) is 0 Å². The zero-order valence-corrected chi connectivity index (χ0v) is 47.2. The van der Waals surface area contributed by atoms with E-state index in [1.54, 1.807) is 0 Å². The van der Waals surface area contributed by atoms with E-state index in [1.165, 1.54) is 103 Å². The molecule has 2 rings (SSSR count). The molecule has 2 heterocycles. The van der Waals surface area contributed by atoms with Crippen molar-refractivity contribution >= 4 is 11.9 Å². The Labute approximate surface area is 425 Å². The second kappa shape index (κ2) is 46.2. The van der Waals surface area contributed by atoms with Crippen LogP contribution in [0.5, 0.6) is 0 Å². The van der Waals surface area contributed by atoms with E-state index in [4.69, 9.17) is 9.47 Å². The Morgan fingerprint density at radius 3 is 1.12 bits per heavy atom. The quantitative estimate of drug-likeness (QED) is 0.0368. The minimum atomic E-state index is 0. The first kappa shape index (κ1) is 62.8. The molecule has 2 aromatic heterocycles. The summed E-state index contributed by atoms with van der Waals surface area (Å²) in [5, 5.41) is 0. The molecule has 67 heavy (non-hydrogen) atoms. The van der Waals surface area contributed by atoms with E-state index in [2.05, 4.69) is 71.7 Å². The summed E-state index contributed by atoms with van der Waals surface area (Å²) in [7, 11) is 0. The maximum absolute atomic E-state index is 13.2. The smallest absolute Gasteiger partial charge is 0.465 e. The maximum Gasteiger partial charge on any atom is 2.00 e. The molecule has 0 radical (unpaired) electrons. The van der Waals surface area contributed by atoms with E-state index in [1.807, 2.05) is 24.5 Å². The van der Waals surface area contributed by atoms with Crippen molar-refractivity contribution in [2.24, 2.45) is 11.8 Å². The van der Waals surface area contributed by atoms with Gasteiger partial charge in [-0.05, 0) is 88.7 Å². The van der Waals surface area contributed by atoms with Crippen LogP contribution in [0.3, 0.4) is 0 Å². The molecule has 0 aliphatic rings. The van der Waals surface area contributed by atoms with E-state index in [9.17, 15) is 9.59 Å². The summed E-state index contributed by atoms with van der Waals surface area (Å²) in [6.07, 6.45) is 41.1. The van der Waals surface area contributed by atoms with Gasteiger partial charge in [0.15, 0.2) is 0 Å². The Hall–Kier alpha value is -2.22. The van der Waals surface area contributed by atoms with Crippen LogP contribution in [0.4, 0.5) is 0 Å². The van der Waals surface area contributed by atoms with E-state index in [-0.39, 0.29) is 43.3 Å². The number of carbonyl (C=O) groups is 2. The average Bonchev–Trinajstić information content (AvgIpc) is 3.33. The molecule has 0 aliphatic carbocycles. The fourth-order valence-electron chi connectivity index (χ4n) is 9.17. The molecule has 0 saturated heterocycles. The Morgan fingerprint density at radius 2 is 0.746 bits per heavy atom. The third-order valence-corrected chi connectivity index (χ3v) is 13.5. The van der Waals surface area contributed by atoms with Crippen molar-refractivity contribution in [2.45, 2.75) is 246 Å².